The lowest BCUT2D eigenvalue weighted by Crippen LogP contribution is -2.36. The fourth-order valence-electron chi connectivity index (χ4n) is 4.04. The van der Waals surface area contributed by atoms with E-state index in [0.29, 0.717) is 12.1 Å². The van der Waals surface area contributed by atoms with Gasteiger partial charge in [-0.1, -0.05) is 12.1 Å². The zero-order chi connectivity index (χ0) is 17.4. The number of hydrogen-bond donors (Lipinski definition) is 0. The van der Waals surface area contributed by atoms with Crippen LogP contribution in [0.1, 0.15) is 48.8 Å². The molecule has 0 aromatic carbocycles. The van der Waals surface area contributed by atoms with E-state index >= 15 is 0 Å². The van der Waals surface area contributed by atoms with Gasteiger partial charge in [0.05, 0.1) is 11.4 Å². The van der Waals surface area contributed by atoms with E-state index in [1.165, 1.54) is 28.1 Å². The van der Waals surface area contributed by atoms with Gasteiger partial charge in [-0.25, -0.2) is 0 Å². The highest BCUT2D eigenvalue weighted by atomic mass is 15.2. The maximum atomic E-state index is 4.80. The lowest BCUT2D eigenvalue weighted by Gasteiger charge is -2.31. The van der Waals surface area contributed by atoms with Crippen molar-refractivity contribution in [1.29, 1.82) is 0 Å². The van der Waals surface area contributed by atoms with Crippen LogP contribution in [0.3, 0.4) is 0 Å². The Balaban J connectivity index is 1.42. The summed E-state index contributed by atoms with van der Waals surface area (Å²) in [4.78, 5) is 14.3. The van der Waals surface area contributed by atoms with E-state index in [1.807, 2.05) is 12.3 Å². The third-order valence-electron chi connectivity index (χ3n) is 5.73. The Bertz CT molecular complexity index is 730. The van der Waals surface area contributed by atoms with Gasteiger partial charge in [-0.3, -0.25) is 19.8 Å². The molecule has 0 amide bonds. The van der Waals surface area contributed by atoms with Gasteiger partial charge < -0.3 is 0 Å². The van der Waals surface area contributed by atoms with E-state index in [9.17, 15) is 0 Å². The van der Waals surface area contributed by atoms with Crippen molar-refractivity contribution in [2.24, 2.45) is 0 Å². The monoisotopic (exact) mass is 336 g/mol. The minimum absolute atomic E-state index is 0.504. The topological polar surface area (TPSA) is 32.3 Å². The van der Waals surface area contributed by atoms with Gasteiger partial charge in [0.2, 0.25) is 0 Å². The van der Waals surface area contributed by atoms with Gasteiger partial charge in [0.15, 0.2) is 0 Å². The zero-order valence-electron chi connectivity index (χ0n) is 15.6. The first-order valence-electron chi connectivity index (χ1n) is 9.47. The Hall–Kier alpha value is -1.78. The molecule has 2 aromatic heterocycles. The number of aromatic nitrogens is 2. The Kier molecular flexibility index (Phi) is 4.57. The number of hydrogen-bond acceptors (Lipinski definition) is 4. The molecular formula is C21H28N4. The van der Waals surface area contributed by atoms with Crippen molar-refractivity contribution in [3.05, 3.63) is 58.7 Å². The van der Waals surface area contributed by atoms with Crippen LogP contribution in [0.5, 0.6) is 0 Å². The molecule has 25 heavy (non-hydrogen) atoms. The summed E-state index contributed by atoms with van der Waals surface area (Å²) in [5.74, 6) is 0. The molecule has 2 aliphatic heterocycles. The highest BCUT2D eigenvalue weighted by molar-refractivity contribution is 5.29. The third kappa shape index (κ3) is 3.46. The van der Waals surface area contributed by atoms with Gasteiger partial charge in [-0.15, -0.1) is 0 Å². The predicted octanol–water partition coefficient (Wildman–Crippen LogP) is 3.19. The number of fused-ring (bicyclic) bond motifs is 2. The van der Waals surface area contributed by atoms with Crippen molar-refractivity contribution in [2.75, 3.05) is 6.54 Å². The molecule has 0 fully saturated rings. The fraction of sp³-hybridized carbons (Fsp3) is 0.524. The summed E-state index contributed by atoms with van der Waals surface area (Å²) in [5.41, 5.74) is 6.72. The summed E-state index contributed by atoms with van der Waals surface area (Å²) in [6.07, 6.45) is 6.19. The number of rotatable bonds is 4. The van der Waals surface area contributed by atoms with Crippen molar-refractivity contribution >= 4 is 0 Å². The average Bonchev–Trinajstić information content (AvgIpc) is 3.05. The van der Waals surface area contributed by atoms with Crippen LogP contribution in [-0.2, 0) is 32.5 Å². The molecule has 132 valence electrons. The third-order valence-corrected chi connectivity index (χ3v) is 5.73. The fourth-order valence-corrected chi connectivity index (χ4v) is 4.04. The maximum absolute atomic E-state index is 4.80. The summed E-state index contributed by atoms with van der Waals surface area (Å²) in [6.45, 7) is 11.0. The quantitative estimate of drug-likeness (QED) is 0.858. The molecule has 2 aliphatic rings. The SMILES string of the molecule is CC(C)N1CCc2cc(CC(C)N3Cc4cccnc4C3)cnc2C1. The van der Waals surface area contributed by atoms with Crippen LogP contribution in [0.25, 0.3) is 0 Å². The Labute approximate surface area is 150 Å². The van der Waals surface area contributed by atoms with Crippen molar-refractivity contribution in [3.63, 3.8) is 0 Å². The van der Waals surface area contributed by atoms with E-state index in [2.05, 4.69) is 53.9 Å². The first-order valence-corrected chi connectivity index (χ1v) is 9.47. The number of pyridine rings is 2. The number of nitrogens with zero attached hydrogens (tertiary/aromatic N) is 4. The lowest BCUT2D eigenvalue weighted by atomic mass is 9.99. The first kappa shape index (κ1) is 16.7. The Morgan fingerprint density at radius 1 is 1.00 bits per heavy atom. The molecule has 0 spiro atoms. The molecule has 2 aromatic rings. The Morgan fingerprint density at radius 3 is 2.60 bits per heavy atom. The van der Waals surface area contributed by atoms with Gasteiger partial charge in [0.1, 0.15) is 0 Å². The Morgan fingerprint density at radius 2 is 1.80 bits per heavy atom. The molecule has 0 saturated heterocycles. The van der Waals surface area contributed by atoms with Crippen molar-refractivity contribution in [1.82, 2.24) is 19.8 Å². The largest absolute Gasteiger partial charge is 0.295 e. The minimum atomic E-state index is 0.504. The van der Waals surface area contributed by atoms with Crippen LogP contribution < -0.4 is 0 Å². The summed E-state index contributed by atoms with van der Waals surface area (Å²) in [7, 11) is 0. The van der Waals surface area contributed by atoms with E-state index in [1.54, 1.807) is 0 Å². The second kappa shape index (κ2) is 6.85. The van der Waals surface area contributed by atoms with Gasteiger partial charge in [-0.05, 0) is 56.4 Å². The molecular weight excluding hydrogens is 308 g/mol. The summed E-state index contributed by atoms with van der Waals surface area (Å²) < 4.78 is 0. The average molecular weight is 336 g/mol. The standard InChI is InChI=1S/C21H28N4/c1-15(2)24-8-6-18-10-17(11-23-20(18)13-24)9-16(3)25-12-19-5-4-7-22-21(19)14-25/h4-5,7,10-11,15-16H,6,8-9,12-14H2,1-3H3. The van der Waals surface area contributed by atoms with E-state index < -0.39 is 0 Å². The highest BCUT2D eigenvalue weighted by Gasteiger charge is 2.25. The molecule has 4 heterocycles. The van der Waals surface area contributed by atoms with Gasteiger partial charge in [-0.2, -0.15) is 0 Å². The molecule has 0 aliphatic carbocycles. The molecule has 1 unspecified atom stereocenters. The second-order valence-corrected chi connectivity index (χ2v) is 7.83. The van der Waals surface area contributed by atoms with Crippen molar-refractivity contribution < 1.29 is 0 Å². The van der Waals surface area contributed by atoms with Crippen LogP contribution in [0.15, 0.2) is 30.6 Å². The van der Waals surface area contributed by atoms with E-state index in [0.717, 1.165) is 39.0 Å². The molecule has 0 radical (unpaired) electrons. The first-order chi connectivity index (χ1) is 12.1. The summed E-state index contributed by atoms with van der Waals surface area (Å²) in [5, 5.41) is 0. The van der Waals surface area contributed by atoms with Crippen LogP contribution >= 0.6 is 0 Å². The summed E-state index contributed by atoms with van der Waals surface area (Å²) in [6, 6.07) is 7.75. The highest BCUT2D eigenvalue weighted by Crippen LogP contribution is 2.25. The van der Waals surface area contributed by atoms with E-state index in [4.69, 9.17) is 4.98 Å². The second-order valence-electron chi connectivity index (χ2n) is 7.83. The van der Waals surface area contributed by atoms with Gasteiger partial charge >= 0.3 is 0 Å². The molecule has 0 bridgehead atoms. The smallest absolute Gasteiger partial charge is 0.0589 e. The van der Waals surface area contributed by atoms with Gasteiger partial charge in [0, 0.05) is 50.7 Å². The van der Waals surface area contributed by atoms with Crippen LogP contribution in [0, 0.1) is 0 Å². The molecule has 0 N–H and O–H groups in total. The van der Waals surface area contributed by atoms with E-state index in [-0.39, 0.29) is 0 Å². The lowest BCUT2D eigenvalue weighted by molar-refractivity contribution is 0.199. The van der Waals surface area contributed by atoms with Gasteiger partial charge in [0.25, 0.3) is 0 Å². The van der Waals surface area contributed by atoms with Crippen LogP contribution in [0.4, 0.5) is 0 Å². The molecule has 4 nitrogen and oxygen atoms in total. The molecule has 1 atom stereocenters. The maximum Gasteiger partial charge on any atom is 0.0589 e. The van der Waals surface area contributed by atoms with Crippen molar-refractivity contribution in [2.45, 2.75) is 65.3 Å². The normalized spacial score (nSPS) is 19.0. The zero-order valence-corrected chi connectivity index (χ0v) is 15.6. The minimum Gasteiger partial charge on any atom is -0.295 e. The molecule has 4 heteroatoms. The van der Waals surface area contributed by atoms with Crippen molar-refractivity contribution in [3.8, 4) is 0 Å². The predicted molar refractivity (Wildman–Crippen MR) is 100 cm³/mol. The molecule has 4 rings (SSSR count). The van der Waals surface area contributed by atoms with Crippen LogP contribution in [0.2, 0.25) is 0 Å². The van der Waals surface area contributed by atoms with Crippen LogP contribution in [-0.4, -0.2) is 38.4 Å². The summed E-state index contributed by atoms with van der Waals surface area (Å²) >= 11 is 0. The molecule has 0 saturated carbocycles.